The van der Waals surface area contributed by atoms with Crippen LogP contribution in [-0.4, -0.2) is 47.7 Å². The number of hydrogen-bond acceptors (Lipinski definition) is 3. The fraction of sp³-hybridized carbons (Fsp3) is 0.750. The minimum Gasteiger partial charge on any atom is -0.479 e. The number of carboxylic acid groups (broad SMARTS) is 1. The van der Waals surface area contributed by atoms with Gasteiger partial charge in [0.2, 0.25) is 0 Å². The number of carbonyl (C=O) groups is 2. The summed E-state index contributed by atoms with van der Waals surface area (Å²) in [4.78, 5) is 23.2. The van der Waals surface area contributed by atoms with E-state index in [9.17, 15) is 9.59 Å². The molecule has 0 aromatic heterocycles. The summed E-state index contributed by atoms with van der Waals surface area (Å²) in [5, 5.41) is 8.54. The number of hydrogen-bond donors (Lipinski definition) is 1. The molecule has 1 heterocycles. The quantitative estimate of drug-likeness (QED) is 0.659. The maximum Gasteiger partial charge on any atom is 0.332 e. The first-order valence-electron chi connectivity index (χ1n) is 4.15. The SMILES string of the molecule is CC(OC1CCN(C)C1=O)C(=O)O. The fourth-order valence-corrected chi connectivity index (χ4v) is 1.22. The van der Waals surface area contributed by atoms with Gasteiger partial charge in [-0.2, -0.15) is 0 Å². The molecule has 1 fully saturated rings. The van der Waals surface area contributed by atoms with Crippen LogP contribution < -0.4 is 0 Å². The van der Waals surface area contributed by atoms with Gasteiger partial charge in [-0.25, -0.2) is 4.79 Å². The molecule has 1 amide bonds. The number of ether oxygens (including phenoxy) is 1. The van der Waals surface area contributed by atoms with Gasteiger partial charge in [0, 0.05) is 20.0 Å². The molecule has 0 aliphatic carbocycles. The molecule has 1 saturated heterocycles. The van der Waals surface area contributed by atoms with Crippen molar-refractivity contribution < 1.29 is 19.4 Å². The first-order valence-corrected chi connectivity index (χ1v) is 4.15. The lowest BCUT2D eigenvalue weighted by Crippen LogP contribution is -2.32. The summed E-state index contributed by atoms with van der Waals surface area (Å²) in [6.45, 7) is 2.06. The van der Waals surface area contributed by atoms with Crippen molar-refractivity contribution in [1.29, 1.82) is 0 Å². The van der Waals surface area contributed by atoms with Crippen LogP contribution in [0.2, 0.25) is 0 Å². The van der Waals surface area contributed by atoms with Crippen molar-refractivity contribution in [1.82, 2.24) is 4.90 Å². The third kappa shape index (κ3) is 2.18. The van der Waals surface area contributed by atoms with E-state index in [1.165, 1.54) is 6.92 Å². The predicted octanol–water partition coefficient (Wildman–Crippen LogP) is -0.293. The van der Waals surface area contributed by atoms with Crippen LogP contribution in [0.5, 0.6) is 0 Å². The normalized spacial score (nSPS) is 24.9. The van der Waals surface area contributed by atoms with Gasteiger partial charge < -0.3 is 14.7 Å². The van der Waals surface area contributed by atoms with Gasteiger partial charge >= 0.3 is 5.97 Å². The zero-order chi connectivity index (χ0) is 10.0. The van der Waals surface area contributed by atoms with Crippen LogP contribution in [0.1, 0.15) is 13.3 Å². The fourth-order valence-electron chi connectivity index (χ4n) is 1.22. The van der Waals surface area contributed by atoms with Crippen LogP contribution in [0.15, 0.2) is 0 Å². The van der Waals surface area contributed by atoms with Gasteiger partial charge in [-0.1, -0.05) is 0 Å². The minimum absolute atomic E-state index is 0.131. The summed E-state index contributed by atoms with van der Waals surface area (Å²) in [7, 11) is 1.68. The molecule has 0 bridgehead atoms. The monoisotopic (exact) mass is 187 g/mol. The molecule has 2 atom stereocenters. The van der Waals surface area contributed by atoms with E-state index in [0.717, 1.165) is 0 Å². The van der Waals surface area contributed by atoms with Crippen LogP contribution in [0.4, 0.5) is 0 Å². The Balaban J connectivity index is 2.47. The maximum atomic E-state index is 11.3. The van der Waals surface area contributed by atoms with E-state index in [2.05, 4.69) is 0 Å². The summed E-state index contributed by atoms with van der Waals surface area (Å²) >= 11 is 0. The van der Waals surface area contributed by atoms with E-state index in [1.54, 1.807) is 11.9 Å². The molecule has 13 heavy (non-hydrogen) atoms. The van der Waals surface area contributed by atoms with Crippen molar-refractivity contribution in [3.8, 4) is 0 Å². The minimum atomic E-state index is -1.04. The Morgan fingerprint density at radius 3 is 2.77 bits per heavy atom. The number of amides is 1. The highest BCUT2D eigenvalue weighted by atomic mass is 16.5. The van der Waals surface area contributed by atoms with Gasteiger partial charge in [0.1, 0.15) is 6.10 Å². The Kier molecular flexibility index (Phi) is 2.87. The van der Waals surface area contributed by atoms with Gasteiger partial charge in [-0.3, -0.25) is 4.79 Å². The maximum absolute atomic E-state index is 11.3. The van der Waals surface area contributed by atoms with Gasteiger partial charge in [0.05, 0.1) is 0 Å². The Morgan fingerprint density at radius 1 is 1.77 bits per heavy atom. The average molecular weight is 187 g/mol. The molecule has 0 spiro atoms. The van der Waals surface area contributed by atoms with Crippen LogP contribution in [0.3, 0.4) is 0 Å². The van der Waals surface area contributed by atoms with Crippen LogP contribution in [0, 0.1) is 0 Å². The molecular weight excluding hydrogens is 174 g/mol. The van der Waals surface area contributed by atoms with Crippen molar-refractivity contribution in [2.45, 2.75) is 25.6 Å². The smallest absolute Gasteiger partial charge is 0.332 e. The van der Waals surface area contributed by atoms with E-state index in [-0.39, 0.29) is 5.91 Å². The second-order valence-electron chi connectivity index (χ2n) is 3.15. The number of carboxylic acids is 1. The molecule has 1 N–H and O–H groups in total. The second kappa shape index (κ2) is 3.74. The van der Waals surface area contributed by atoms with Gasteiger partial charge in [0.15, 0.2) is 6.10 Å². The number of rotatable bonds is 3. The highest BCUT2D eigenvalue weighted by molar-refractivity contribution is 5.83. The lowest BCUT2D eigenvalue weighted by molar-refractivity contribution is -0.156. The lowest BCUT2D eigenvalue weighted by atomic mass is 10.3. The molecule has 1 aliphatic heterocycles. The number of likely N-dealkylation sites (N-methyl/N-ethyl adjacent to an activating group) is 1. The number of nitrogens with zero attached hydrogens (tertiary/aromatic N) is 1. The molecule has 0 saturated carbocycles. The Hall–Kier alpha value is -1.10. The van der Waals surface area contributed by atoms with Crippen molar-refractivity contribution in [2.24, 2.45) is 0 Å². The highest BCUT2D eigenvalue weighted by Gasteiger charge is 2.32. The standard InChI is InChI=1S/C8H13NO4/c1-5(8(11)12)13-6-3-4-9(2)7(6)10/h5-6H,3-4H2,1-2H3,(H,11,12). The molecule has 1 rings (SSSR count). The third-order valence-electron chi connectivity index (χ3n) is 2.09. The molecule has 2 unspecified atom stereocenters. The van der Waals surface area contributed by atoms with Crippen LogP contribution >= 0.6 is 0 Å². The summed E-state index contributed by atoms with van der Waals surface area (Å²) in [5.74, 6) is -1.17. The van der Waals surface area contributed by atoms with Crippen molar-refractivity contribution in [3.63, 3.8) is 0 Å². The summed E-state index contributed by atoms with van der Waals surface area (Å²) in [6.07, 6.45) is -0.913. The molecule has 5 heteroatoms. The first kappa shape index (κ1) is 9.98. The molecular formula is C8H13NO4. The zero-order valence-corrected chi connectivity index (χ0v) is 7.69. The molecule has 1 aliphatic rings. The zero-order valence-electron chi connectivity index (χ0n) is 7.69. The summed E-state index contributed by atoms with van der Waals surface area (Å²) < 4.78 is 5.06. The van der Waals surface area contributed by atoms with Gasteiger partial charge in [-0.05, 0) is 6.92 Å². The number of aliphatic carboxylic acids is 1. The lowest BCUT2D eigenvalue weighted by Gasteiger charge is -2.14. The summed E-state index contributed by atoms with van der Waals surface area (Å²) in [5.41, 5.74) is 0. The third-order valence-corrected chi connectivity index (χ3v) is 2.09. The van der Waals surface area contributed by atoms with E-state index < -0.39 is 18.2 Å². The van der Waals surface area contributed by atoms with E-state index in [4.69, 9.17) is 9.84 Å². The van der Waals surface area contributed by atoms with Gasteiger partial charge in [0.25, 0.3) is 5.91 Å². The van der Waals surface area contributed by atoms with E-state index in [0.29, 0.717) is 13.0 Å². The number of carbonyl (C=O) groups excluding carboxylic acids is 1. The molecule has 0 radical (unpaired) electrons. The van der Waals surface area contributed by atoms with Crippen LogP contribution in [-0.2, 0) is 14.3 Å². The van der Waals surface area contributed by atoms with Gasteiger partial charge in [-0.15, -0.1) is 0 Å². The molecule has 0 aromatic rings. The van der Waals surface area contributed by atoms with E-state index in [1.807, 2.05) is 0 Å². The van der Waals surface area contributed by atoms with Crippen molar-refractivity contribution in [3.05, 3.63) is 0 Å². The van der Waals surface area contributed by atoms with Crippen LogP contribution in [0.25, 0.3) is 0 Å². The summed E-state index contributed by atoms with van der Waals surface area (Å²) in [6, 6.07) is 0. The Bertz CT molecular complexity index is 228. The average Bonchev–Trinajstić information content (AvgIpc) is 2.36. The first-order chi connectivity index (χ1) is 6.02. The second-order valence-corrected chi connectivity index (χ2v) is 3.15. The van der Waals surface area contributed by atoms with Crippen molar-refractivity contribution >= 4 is 11.9 Å². The van der Waals surface area contributed by atoms with E-state index >= 15 is 0 Å². The molecule has 5 nitrogen and oxygen atoms in total. The Morgan fingerprint density at radius 2 is 2.38 bits per heavy atom. The Labute approximate surface area is 76.3 Å². The molecule has 74 valence electrons. The predicted molar refractivity (Wildman–Crippen MR) is 44.2 cm³/mol. The largest absolute Gasteiger partial charge is 0.479 e. The molecule has 0 aromatic carbocycles. The number of likely N-dealkylation sites (tertiary alicyclic amines) is 1. The topological polar surface area (TPSA) is 66.8 Å². The van der Waals surface area contributed by atoms with Crippen molar-refractivity contribution in [2.75, 3.05) is 13.6 Å². The highest BCUT2D eigenvalue weighted by Crippen LogP contribution is 2.14.